The Balaban J connectivity index is 0.000000540. The molecule has 0 bridgehead atoms. The van der Waals surface area contributed by atoms with Gasteiger partial charge in [-0.1, -0.05) is 63.1 Å². The topological polar surface area (TPSA) is 29.5 Å². The Hall–Kier alpha value is -1.54. The van der Waals surface area contributed by atoms with Crippen LogP contribution >= 0.6 is 0 Å². The van der Waals surface area contributed by atoms with Gasteiger partial charge >= 0.3 is 0 Å². The van der Waals surface area contributed by atoms with E-state index in [0.717, 1.165) is 12.9 Å². The average molecular weight is 304 g/mol. The molecule has 2 rings (SSSR count). The van der Waals surface area contributed by atoms with Gasteiger partial charge in [-0.15, -0.1) is 0 Å². The first-order valence-electron chi connectivity index (χ1n) is 7.99. The lowest BCUT2D eigenvalue weighted by Crippen LogP contribution is -2.24. The smallest absolute Gasteiger partial charge is 0.119 e. The maximum absolute atomic E-state index is 7.00. The zero-order chi connectivity index (χ0) is 16.8. The number of aliphatic hydroxyl groups excluding tert-OH is 1. The molecule has 2 nitrogen and oxygen atoms in total. The largest absolute Gasteiger partial charge is 0.497 e. The summed E-state index contributed by atoms with van der Waals surface area (Å²) in [5.41, 5.74) is 1.83. The molecule has 1 fully saturated rings. The molecule has 1 aliphatic carbocycles. The number of hydrogen-bond acceptors (Lipinski definition) is 2. The Kier molecular flexibility index (Phi) is 11.2. The standard InChI is InChI=1S/C14H20O.C5H8.CH4O/c1-14(9-4-3-5-10-14)12-7-6-8-13(11-12)15-2;1-3-5-4-2;1-2/h6-8,11H,3-5,9-10H2,1-2H3;3-5H,1H2,2H3;2H,1H3/b;5-4-;. The Morgan fingerprint density at radius 1 is 1.18 bits per heavy atom. The van der Waals surface area contributed by atoms with Crippen molar-refractivity contribution in [2.45, 2.75) is 51.4 Å². The second-order valence-corrected chi connectivity index (χ2v) is 5.61. The van der Waals surface area contributed by atoms with E-state index in [2.05, 4.69) is 31.7 Å². The van der Waals surface area contributed by atoms with E-state index in [1.807, 2.05) is 25.1 Å². The summed E-state index contributed by atoms with van der Waals surface area (Å²) in [6.45, 7) is 7.81. The van der Waals surface area contributed by atoms with Gasteiger partial charge in [0.05, 0.1) is 7.11 Å². The van der Waals surface area contributed by atoms with Crippen LogP contribution < -0.4 is 4.74 Å². The van der Waals surface area contributed by atoms with E-state index in [-0.39, 0.29) is 0 Å². The lowest BCUT2D eigenvalue weighted by atomic mass is 9.71. The van der Waals surface area contributed by atoms with Gasteiger partial charge in [0.2, 0.25) is 0 Å². The maximum Gasteiger partial charge on any atom is 0.119 e. The third-order valence-corrected chi connectivity index (χ3v) is 4.05. The summed E-state index contributed by atoms with van der Waals surface area (Å²) in [4.78, 5) is 0. The van der Waals surface area contributed by atoms with Gasteiger partial charge in [0.1, 0.15) is 5.75 Å². The molecule has 1 saturated carbocycles. The van der Waals surface area contributed by atoms with Gasteiger partial charge in [-0.3, -0.25) is 0 Å². The second-order valence-electron chi connectivity index (χ2n) is 5.61. The van der Waals surface area contributed by atoms with Crippen LogP contribution in [0.15, 0.2) is 49.1 Å². The molecule has 2 heteroatoms. The van der Waals surface area contributed by atoms with Crippen LogP contribution in [0.3, 0.4) is 0 Å². The van der Waals surface area contributed by atoms with Crippen LogP contribution in [0.4, 0.5) is 0 Å². The third kappa shape index (κ3) is 6.95. The van der Waals surface area contributed by atoms with E-state index in [0.29, 0.717) is 5.41 Å². The molecule has 0 radical (unpaired) electrons. The van der Waals surface area contributed by atoms with Crippen molar-refractivity contribution in [3.8, 4) is 5.75 Å². The van der Waals surface area contributed by atoms with Gasteiger partial charge in [0.25, 0.3) is 0 Å². The summed E-state index contributed by atoms with van der Waals surface area (Å²) in [5.74, 6) is 0.985. The number of allylic oxidation sites excluding steroid dienone is 3. The van der Waals surface area contributed by atoms with E-state index in [4.69, 9.17) is 9.84 Å². The first-order valence-corrected chi connectivity index (χ1v) is 7.99. The fourth-order valence-corrected chi connectivity index (χ4v) is 2.76. The van der Waals surface area contributed by atoms with Crippen molar-refractivity contribution in [3.05, 3.63) is 54.6 Å². The number of ether oxygens (including phenoxy) is 1. The van der Waals surface area contributed by atoms with E-state index in [9.17, 15) is 0 Å². The SMILES string of the molecule is C=C/C=C\C.CO.COc1cccc(C2(C)CCCCC2)c1. The van der Waals surface area contributed by atoms with Gasteiger partial charge < -0.3 is 9.84 Å². The zero-order valence-corrected chi connectivity index (χ0v) is 14.6. The average Bonchev–Trinajstić information content (AvgIpc) is 2.59. The molecule has 1 aromatic carbocycles. The number of methoxy groups -OCH3 is 1. The minimum Gasteiger partial charge on any atom is -0.497 e. The molecular weight excluding hydrogens is 272 g/mol. The predicted octanol–water partition coefficient (Wildman–Crippen LogP) is 5.27. The quantitative estimate of drug-likeness (QED) is 0.770. The molecule has 1 N–H and O–H groups in total. The van der Waals surface area contributed by atoms with Crippen molar-refractivity contribution in [2.24, 2.45) is 0 Å². The molecule has 0 unspecified atom stereocenters. The molecule has 0 amide bonds. The Labute approximate surface area is 136 Å². The molecule has 0 heterocycles. The normalized spacial score (nSPS) is 15.9. The number of benzene rings is 1. The molecule has 0 saturated heterocycles. The highest BCUT2D eigenvalue weighted by atomic mass is 16.5. The molecule has 0 atom stereocenters. The van der Waals surface area contributed by atoms with E-state index in [1.165, 1.54) is 37.7 Å². The zero-order valence-electron chi connectivity index (χ0n) is 14.6. The summed E-state index contributed by atoms with van der Waals surface area (Å²) in [7, 11) is 2.74. The molecule has 0 aromatic heterocycles. The second kappa shape index (κ2) is 12.0. The maximum atomic E-state index is 7.00. The summed E-state index contributed by atoms with van der Waals surface area (Å²) in [5, 5.41) is 7.00. The van der Waals surface area contributed by atoms with Gasteiger partial charge in [0.15, 0.2) is 0 Å². The van der Waals surface area contributed by atoms with Gasteiger partial charge in [-0.05, 0) is 42.9 Å². The van der Waals surface area contributed by atoms with Crippen LogP contribution in [0, 0.1) is 0 Å². The van der Waals surface area contributed by atoms with Gasteiger partial charge in [-0.25, -0.2) is 0 Å². The minimum absolute atomic E-state index is 0.382. The van der Waals surface area contributed by atoms with Crippen molar-refractivity contribution in [1.82, 2.24) is 0 Å². The molecule has 0 aliphatic heterocycles. The third-order valence-electron chi connectivity index (χ3n) is 4.05. The van der Waals surface area contributed by atoms with Crippen molar-refractivity contribution >= 4 is 0 Å². The molecule has 1 aliphatic rings. The highest BCUT2D eigenvalue weighted by molar-refractivity contribution is 5.33. The number of aliphatic hydroxyl groups is 1. The molecule has 22 heavy (non-hydrogen) atoms. The Morgan fingerprint density at radius 3 is 2.27 bits per heavy atom. The lowest BCUT2D eigenvalue weighted by Gasteiger charge is -2.34. The highest BCUT2D eigenvalue weighted by Gasteiger charge is 2.28. The van der Waals surface area contributed by atoms with Crippen LogP contribution in [0.5, 0.6) is 5.75 Å². The Bertz CT molecular complexity index is 429. The van der Waals surface area contributed by atoms with E-state index in [1.54, 1.807) is 13.2 Å². The van der Waals surface area contributed by atoms with E-state index < -0.39 is 0 Å². The number of rotatable bonds is 3. The summed E-state index contributed by atoms with van der Waals surface area (Å²) in [6.07, 6.45) is 12.4. The number of hydrogen-bond donors (Lipinski definition) is 1. The first kappa shape index (κ1) is 20.5. The summed E-state index contributed by atoms with van der Waals surface area (Å²) >= 11 is 0. The van der Waals surface area contributed by atoms with Gasteiger partial charge in [0, 0.05) is 7.11 Å². The van der Waals surface area contributed by atoms with Crippen molar-refractivity contribution in [2.75, 3.05) is 14.2 Å². The van der Waals surface area contributed by atoms with Crippen molar-refractivity contribution in [1.29, 1.82) is 0 Å². The van der Waals surface area contributed by atoms with Crippen molar-refractivity contribution < 1.29 is 9.84 Å². The van der Waals surface area contributed by atoms with Crippen LogP contribution in [-0.4, -0.2) is 19.3 Å². The van der Waals surface area contributed by atoms with Crippen LogP contribution in [0.25, 0.3) is 0 Å². The lowest BCUT2D eigenvalue weighted by molar-refractivity contribution is 0.318. The summed E-state index contributed by atoms with van der Waals surface area (Å²) in [6, 6.07) is 8.57. The fraction of sp³-hybridized carbons (Fsp3) is 0.500. The molecule has 1 aromatic rings. The monoisotopic (exact) mass is 304 g/mol. The molecule has 0 spiro atoms. The van der Waals surface area contributed by atoms with Crippen molar-refractivity contribution in [3.63, 3.8) is 0 Å². The van der Waals surface area contributed by atoms with Crippen LogP contribution in [0.1, 0.15) is 51.5 Å². The van der Waals surface area contributed by atoms with Gasteiger partial charge in [-0.2, -0.15) is 0 Å². The Morgan fingerprint density at radius 2 is 1.82 bits per heavy atom. The summed E-state index contributed by atoms with van der Waals surface area (Å²) < 4.78 is 5.29. The predicted molar refractivity (Wildman–Crippen MR) is 96.6 cm³/mol. The van der Waals surface area contributed by atoms with Crippen LogP contribution in [0.2, 0.25) is 0 Å². The van der Waals surface area contributed by atoms with E-state index >= 15 is 0 Å². The fourth-order valence-electron chi connectivity index (χ4n) is 2.76. The molecular formula is C20H32O2. The highest BCUT2D eigenvalue weighted by Crippen LogP contribution is 2.39. The van der Waals surface area contributed by atoms with Crippen LogP contribution in [-0.2, 0) is 5.41 Å². The first-order chi connectivity index (χ1) is 10.7. The molecule has 124 valence electrons. The minimum atomic E-state index is 0.382.